The minimum atomic E-state index is -0.316. The lowest BCUT2D eigenvalue weighted by Crippen LogP contribution is -2.32. The molecular weight excluding hydrogens is 342 g/mol. The molecule has 140 valence electrons. The van der Waals surface area contributed by atoms with Crippen LogP contribution in [0.4, 0.5) is 10.5 Å². The number of amides is 2. The molecule has 0 saturated carbocycles. The van der Waals surface area contributed by atoms with Crippen LogP contribution in [-0.2, 0) is 12.8 Å². The lowest BCUT2D eigenvalue weighted by molar-refractivity contribution is 0.243. The highest BCUT2D eigenvalue weighted by molar-refractivity contribution is 5.89. The van der Waals surface area contributed by atoms with Gasteiger partial charge in [-0.15, -0.1) is 0 Å². The number of hydrogen-bond donors (Lipinski definition) is 2. The SMILES string of the molecule is CC[C@H](NC(=O)Nc1ccc(CCc2ccccn2)cc1)c1nc(C)no1. The summed E-state index contributed by atoms with van der Waals surface area (Å²) in [7, 11) is 0. The molecule has 0 bridgehead atoms. The summed E-state index contributed by atoms with van der Waals surface area (Å²) >= 11 is 0. The monoisotopic (exact) mass is 365 g/mol. The van der Waals surface area contributed by atoms with Gasteiger partial charge in [0.2, 0.25) is 5.89 Å². The first kappa shape index (κ1) is 18.6. The minimum absolute atomic E-state index is 0.307. The Morgan fingerprint density at radius 1 is 1.15 bits per heavy atom. The number of benzene rings is 1. The molecule has 2 amide bonds. The standard InChI is InChI=1S/C20H23N5O2/c1-3-18(19-22-14(2)25-27-19)24-20(26)23-17-11-8-15(9-12-17)7-10-16-6-4-5-13-21-16/h4-6,8-9,11-13,18H,3,7,10H2,1-2H3,(H2,23,24,26)/t18-/m0/s1. The normalized spacial score (nSPS) is 11.8. The highest BCUT2D eigenvalue weighted by Gasteiger charge is 2.18. The molecule has 7 heteroatoms. The van der Waals surface area contributed by atoms with Gasteiger partial charge in [-0.05, 0) is 56.0 Å². The molecule has 1 aromatic carbocycles. The number of aryl methyl sites for hydroxylation is 3. The van der Waals surface area contributed by atoms with Gasteiger partial charge in [0.25, 0.3) is 0 Å². The van der Waals surface area contributed by atoms with E-state index in [9.17, 15) is 4.79 Å². The molecule has 3 rings (SSSR count). The number of hydrogen-bond acceptors (Lipinski definition) is 5. The highest BCUT2D eigenvalue weighted by Crippen LogP contribution is 2.15. The fraction of sp³-hybridized carbons (Fsp3) is 0.300. The zero-order chi connectivity index (χ0) is 19.1. The van der Waals surface area contributed by atoms with Crippen LogP contribution in [0.2, 0.25) is 0 Å². The Morgan fingerprint density at radius 3 is 2.59 bits per heavy atom. The molecule has 0 unspecified atom stereocenters. The van der Waals surface area contributed by atoms with Crippen molar-refractivity contribution in [3.05, 3.63) is 71.6 Å². The van der Waals surface area contributed by atoms with Gasteiger partial charge in [0, 0.05) is 17.6 Å². The third-order valence-electron chi connectivity index (χ3n) is 4.16. The van der Waals surface area contributed by atoms with Crippen LogP contribution in [-0.4, -0.2) is 21.2 Å². The van der Waals surface area contributed by atoms with Crippen LogP contribution < -0.4 is 10.6 Å². The van der Waals surface area contributed by atoms with Crippen molar-refractivity contribution in [2.45, 2.75) is 39.2 Å². The van der Waals surface area contributed by atoms with Crippen LogP contribution in [0.15, 0.2) is 53.2 Å². The maximum atomic E-state index is 12.2. The average molecular weight is 365 g/mol. The van der Waals surface area contributed by atoms with Crippen molar-refractivity contribution in [3.8, 4) is 0 Å². The number of nitrogens with one attached hydrogen (secondary N) is 2. The van der Waals surface area contributed by atoms with Crippen molar-refractivity contribution >= 4 is 11.7 Å². The van der Waals surface area contributed by atoms with Crippen LogP contribution >= 0.6 is 0 Å². The predicted octanol–water partition coefficient (Wildman–Crippen LogP) is 3.83. The molecule has 27 heavy (non-hydrogen) atoms. The molecule has 0 aliphatic carbocycles. The number of anilines is 1. The molecule has 0 aliphatic rings. The Morgan fingerprint density at radius 2 is 1.96 bits per heavy atom. The second kappa shape index (κ2) is 8.93. The molecule has 0 aliphatic heterocycles. The second-order valence-corrected chi connectivity index (χ2v) is 6.26. The minimum Gasteiger partial charge on any atom is -0.337 e. The fourth-order valence-corrected chi connectivity index (χ4v) is 2.69. The van der Waals surface area contributed by atoms with Crippen LogP contribution in [0.25, 0.3) is 0 Å². The molecule has 0 spiro atoms. The molecule has 0 radical (unpaired) electrons. The van der Waals surface area contributed by atoms with Crippen LogP contribution in [0.1, 0.15) is 42.4 Å². The summed E-state index contributed by atoms with van der Waals surface area (Å²) in [4.78, 5) is 20.7. The topological polar surface area (TPSA) is 92.9 Å². The first-order valence-electron chi connectivity index (χ1n) is 9.00. The van der Waals surface area contributed by atoms with E-state index in [0.29, 0.717) is 18.1 Å². The van der Waals surface area contributed by atoms with Gasteiger partial charge in [-0.3, -0.25) is 4.98 Å². The predicted molar refractivity (Wildman–Crippen MR) is 102 cm³/mol. The Labute approximate surface area is 158 Å². The van der Waals surface area contributed by atoms with E-state index in [1.54, 1.807) is 13.1 Å². The van der Waals surface area contributed by atoms with Crippen molar-refractivity contribution in [2.24, 2.45) is 0 Å². The quantitative estimate of drug-likeness (QED) is 0.664. The lowest BCUT2D eigenvalue weighted by Gasteiger charge is -2.14. The maximum Gasteiger partial charge on any atom is 0.319 e. The van der Waals surface area contributed by atoms with Gasteiger partial charge in [-0.2, -0.15) is 4.98 Å². The summed E-state index contributed by atoms with van der Waals surface area (Å²) in [6.07, 6.45) is 4.25. The lowest BCUT2D eigenvalue weighted by atomic mass is 10.1. The van der Waals surface area contributed by atoms with Gasteiger partial charge >= 0.3 is 6.03 Å². The van der Waals surface area contributed by atoms with Gasteiger partial charge in [0.15, 0.2) is 5.82 Å². The molecule has 2 aromatic heterocycles. The molecule has 0 saturated heterocycles. The summed E-state index contributed by atoms with van der Waals surface area (Å²) < 4.78 is 5.14. The van der Waals surface area contributed by atoms with Crippen molar-refractivity contribution in [1.82, 2.24) is 20.4 Å². The molecule has 1 atom stereocenters. The van der Waals surface area contributed by atoms with Crippen molar-refractivity contribution in [1.29, 1.82) is 0 Å². The summed E-state index contributed by atoms with van der Waals surface area (Å²) in [6, 6.07) is 13.1. The largest absolute Gasteiger partial charge is 0.337 e. The number of carbonyl (C=O) groups is 1. The smallest absolute Gasteiger partial charge is 0.319 e. The van der Waals surface area contributed by atoms with Crippen LogP contribution in [0.5, 0.6) is 0 Å². The van der Waals surface area contributed by atoms with Gasteiger partial charge in [-0.25, -0.2) is 4.79 Å². The number of carbonyl (C=O) groups excluding carboxylic acids is 1. The van der Waals surface area contributed by atoms with E-state index in [0.717, 1.165) is 24.2 Å². The third-order valence-corrected chi connectivity index (χ3v) is 4.16. The van der Waals surface area contributed by atoms with Crippen molar-refractivity contribution < 1.29 is 9.32 Å². The molecule has 2 heterocycles. The fourth-order valence-electron chi connectivity index (χ4n) is 2.69. The number of aromatic nitrogens is 3. The van der Waals surface area contributed by atoms with E-state index < -0.39 is 0 Å². The molecule has 2 N–H and O–H groups in total. The number of urea groups is 1. The Kier molecular flexibility index (Phi) is 6.14. The Bertz CT molecular complexity index is 862. The zero-order valence-corrected chi connectivity index (χ0v) is 15.5. The van der Waals surface area contributed by atoms with Gasteiger partial charge in [0.05, 0.1) is 0 Å². The first-order chi connectivity index (χ1) is 13.1. The Balaban J connectivity index is 1.52. The zero-order valence-electron chi connectivity index (χ0n) is 15.5. The van der Waals surface area contributed by atoms with E-state index in [-0.39, 0.29) is 12.1 Å². The van der Waals surface area contributed by atoms with Gasteiger partial charge in [-0.1, -0.05) is 30.3 Å². The maximum absolute atomic E-state index is 12.2. The summed E-state index contributed by atoms with van der Waals surface area (Å²) in [5.41, 5.74) is 2.99. The molecule has 0 fully saturated rings. The summed E-state index contributed by atoms with van der Waals surface area (Å²) in [5, 5.41) is 9.45. The van der Waals surface area contributed by atoms with Gasteiger partial charge < -0.3 is 15.2 Å². The highest BCUT2D eigenvalue weighted by atomic mass is 16.5. The Hall–Kier alpha value is -3.22. The van der Waals surface area contributed by atoms with E-state index in [1.807, 2.05) is 49.4 Å². The van der Waals surface area contributed by atoms with Crippen molar-refractivity contribution in [2.75, 3.05) is 5.32 Å². The summed E-state index contributed by atoms with van der Waals surface area (Å²) in [6.45, 7) is 3.69. The molecular formula is C20H23N5O2. The van der Waals surface area contributed by atoms with Crippen molar-refractivity contribution in [3.63, 3.8) is 0 Å². The van der Waals surface area contributed by atoms with E-state index in [2.05, 4.69) is 25.8 Å². The van der Waals surface area contributed by atoms with E-state index in [4.69, 9.17) is 4.52 Å². The third kappa shape index (κ3) is 5.37. The second-order valence-electron chi connectivity index (χ2n) is 6.26. The van der Waals surface area contributed by atoms with Crippen LogP contribution in [0, 0.1) is 6.92 Å². The number of rotatable bonds is 7. The van der Waals surface area contributed by atoms with E-state index in [1.165, 1.54) is 5.56 Å². The molecule has 7 nitrogen and oxygen atoms in total. The van der Waals surface area contributed by atoms with Crippen LogP contribution in [0.3, 0.4) is 0 Å². The van der Waals surface area contributed by atoms with Gasteiger partial charge in [0.1, 0.15) is 6.04 Å². The number of nitrogens with zero attached hydrogens (tertiary/aromatic N) is 3. The molecule has 3 aromatic rings. The number of pyridine rings is 1. The first-order valence-corrected chi connectivity index (χ1v) is 9.00. The average Bonchev–Trinajstić information content (AvgIpc) is 3.12. The van der Waals surface area contributed by atoms with E-state index >= 15 is 0 Å². The summed E-state index contributed by atoms with van der Waals surface area (Å²) in [5.74, 6) is 0.960.